The van der Waals surface area contributed by atoms with Crippen molar-refractivity contribution in [2.45, 2.75) is 52.1 Å². The standard InChI is InChI=1S/C15H25NO3/c1-5-6-12-9-11(10-13(12)17)7-8-16-14(18)19-15(2,3)4/h5,11-12H,1,6-10H2,2-4H3,(H,16,18). The van der Waals surface area contributed by atoms with Gasteiger partial charge >= 0.3 is 6.09 Å². The maximum Gasteiger partial charge on any atom is 0.407 e. The normalized spacial score (nSPS) is 23.2. The van der Waals surface area contributed by atoms with Crippen LogP contribution in [0.25, 0.3) is 0 Å². The number of carbonyl (C=O) groups is 2. The van der Waals surface area contributed by atoms with Crippen LogP contribution in [0.2, 0.25) is 0 Å². The van der Waals surface area contributed by atoms with E-state index in [0.29, 0.717) is 24.7 Å². The van der Waals surface area contributed by atoms with E-state index in [9.17, 15) is 9.59 Å². The minimum absolute atomic E-state index is 0.143. The summed E-state index contributed by atoms with van der Waals surface area (Å²) < 4.78 is 5.15. The lowest BCUT2D eigenvalue weighted by Crippen LogP contribution is -2.33. The van der Waals surface area contributed by atoms with Crippen LogP contribution in [-0.4, -0.2) is 24.0 Å². The number of allylic oxidation sites excluding steroid dienone is 1. The summed E-state index contributed by atoms with van der Waals surface area (Å²) in [5, 5.41) is 2.74. The van der Waals surface area contributed by atoms with Crippen molar-refractivity contribution in [2.75, 3.05) is 6.54 Å². The molecule has 0 aliphatic heterocycles. The van der Waals surface area contributed by atoms with Crippen molar-refractivity contribution in [3.05, 3.63) is 12.7 Å². The fourth-order valence-electron chi connectivity index (χ4n) is 2.41. The Morgan fingerprint density at radius 2 is 2.21 bits per heavy atom. The van der Waals surface area contributed by atoms with Crippen molar-refractivity contribution in [1.82, 2.24) is 5.32 Å². The molecule has 4 nitrogen and oxygen atoms in total. The molecule has 0 spiro atoms. The molecule has 19 heavy (non-hydrogen) atoms. The largest absolute Gasteiger partial charge is 0.444 e. The molecule has 0 saturated heterocycles. The summed E-state index contributed by atoms with van der Waals surface area (Å²) in [5.74, 6) is 0.860. The molecule has 0 heterocycles. The zero-order chi connectivity index (χ0) is 14.5. The molecule has 0 bridgehead atoms. The van der Waals surface area contributed by atoms with Gasteiger partial charge in [0.25, 0.3) is 0 Å². The lowest BCUT2D eigenvalue weighted by Gasteiger charge is -2.20. The number of ether oxygens (including phenoxy) is 1. The van der Waals surface area contributed by atoms with Gasteiger partial charge in [0.15, 0.2) is 0 Å². The summed E-state index contributed by atoms with van der Waals surface area (Å²) >= 11 is 0. The Morgan fingerprint density at radius 1 is 1.53 bits per heavy atom. The lowest BCUT2D eigenvalue weighted by atomic mass is 9.99. The van der Waals surface area contributed by atoms with Gasteiger partial charge < -0.3 is 10.1 Å². The molecule has 108 valence electrons. The fraction of sp³-hybridized carbons (Fsp3) is 0.733. The summed E-state index contributed by atoms with van der Waals surface area (Å²) in [5.41, 5.74) is -0.470. The summed E-state index contributed by atoms with van der Waals surface area (Å²) in [4.78, 5) is 23.1. The van der Waals surface area contributed by atoms with Gasteiger partial charge in [0, 0.05) is 18.9 Å². The Morgan fingerprint density at radius 3 is 2.79 bits per heavy atom. The highest BCUT2D eigenvalue weighted by Gasteiger charge is 2.31. The molecule has 1 aliphatic rings. The Hall–Kier alpha value is -1.32. The lowest BCUT2D eigenvalue weighted by molar-refractivity contribution is -0.120. The Bertz CT molecular complexity index is 344. The molecule has 1 N–H and O–H groups in total. The van der Waals surface area contributed by atoms with E-state index in [4.69, 9.17) is 4.74 Å². The number of alkyl carbamates (subject to hydrolysis) is 1. The van der Waals surface area contributed by atoms with Crippen LogP contribution in [0.4, 0.5) is 4.79 Å². The van der Waals surface area contributed by atoms with E-state index in [1.54, 1.807) is 0 Å². The second kappa shape index (κ2) is 6.73. The van der Waals surface area contributed by atoms with E-state index >= 15 is 0 Å². The Labute approximate surface area is 115 Å². The van der Waals surface area contributed by atoms with E-state index in [2.05, 4.69) is 11.9 Å². The first kappa shape index (κ1) is 15.7. The van der Waals surface area contributed by atoms with Crippen LogP contribution in [0.3, 0.4) is 0 Å². The predicted molar refractivity (Wildman–Crippen MR) is 74.9 cm³/mol. The molecule has 0 aromatic rings. The van der Waals surface area contributed by atoms with Gasteiger partial charge in [0.05, 0.1) is 0 Å². The van der Waals surface area contributed by atoms with Crippen molar-refractivity contribution in [3.8, 4) is 0 Å². The van der Waals surface area contributed by atoms with Crippen LogP contribution in [0.15, 0.2) is 12.7 Å². The number of rotatable bonds is 5. The molecule has 0 radical (unpaired) electrons. The Balaban J connectivity index is 2.22. The average Bonchev–Trinajstić information content (AvgIpc) is 2.57. The van der Waals surface area contributed by atoms with Gasteiger partial charge in [-0.05, 0) is 46.0 Å². The molecule has 1 fully saturated rings. The third-order valence-corrected chi connectivity index (χ3v) is 3.24. The molecular weight excluding hydrogens is 242 g/mol. The van der Waals surface area contributed by atoms with Gasteiger partial charge in [-0.15, -0.1) is 6.58 Å². The molecule has 1 saturated carbocycles. The van der Waals surface area contributed by atoms with Crippen LogP contribution in [0.5, 0.6) is 0 Å². The first-order chi connectivity index (χ1) is 8.81. The zero-order valence-corrected chi connectivity index (χ0v) is 12.2. The number of hydrogen-bond donors (Lipinski definition) is 1. The molecule has 0 aromatic carbocycles. The maximum absolute atomic E-state index is 11.7. The molecular formula is C15H25NO3. The van der Waals surface area contributed by atoms with Gasteiger partial charge in [-0.25, -0.2) is 4.79 Å². The summed E-state index contributed by atoms with van der Waals surface area (Å²) in [6, 6.07) is 0. The smallest absolute Gasteiger partial charge is 0.407 e. The van der Waals surface area contributed by atoms with E-state index in [1.807, 2.05) is 26.8 Å². The van der Waals surface area contributed by atoms with Gasteiger partial charge in [0.2, 0.25) is 0 Å². The van der Waals surface area contributed by atoms with Crippen LogP contribution < -0.4 is 5.32 Å². The average molecular weight is 267 g/mol. The third-order valence-electron chi connectivity index (χ3n) is 3.24. The second-order valence-corrected chi connectivity index (χ2v) is 6.21. The van der Waals surface area contributed by atoms with Crippen LogP contribution in [0, 0.1) is 11.8 Å². The van der Waals surface area contributed by atoms with Gasteiger partial charge in [0.1, 0.15) is 11.4 Å². The number of amides is 1. The van der Waals surface area contributed by atoms with Crippen LogP contribution >= 0.6 is 0 Å². The number of nitrogens with one attached hydrogen (secondary N) is 1. The number of Topliss-reactive ketones (excluding diaryl/α,β-unsaturated/α-hetero) is 1. The number of hydrogen-bond acceptors (Lipinski definition) is 3. The second-order valence-electron chi connectivity index (χ2n) is 6.21. The molecule has 2 atom stereocenters. The monoisotopic (exact) mass is 267 g/mol. The highest BCUT2D eigenvalue weighted by molar-refractivity contribution is 5.83. The predicted octanol–water partition coefficient (Wildman–Crippen LogP) is 3.07. The van der Waals surface area contributed by atoms with E-state index in [1.165, 1.54) is 0 Å². The van der Waals surface area contributed by atoms with Crippen molar-refractivity contribution in [1.29, 1.82) is 0 Å². The van der Waals surface area contributed by atoms with E-state index in [0.717, 1.165) is 19.3 Å². The van der Waals surface area contributed by atoms with Crippen molar-refractivity contribution in [2.24, 2.45) is 11.8 Å². The zero-order valence-electron chi connectivity index (χ0n) is 12.2. The van der Waals surface area contributed by atoms with Crippen molar-refractivity contribution >= 4 is 11.9 Å². The minimum Gasteiger partial charge on any atom is -0.444 e. The highest BCUT2D eigenvalue weighted by atomic mass is 16.6. The third kappa shape index (κ3) is 5.90. The van der Waals surface area contributed by atoms with Crippen LogP contribution in [0.1, 0.15) is 46.5 Å². The quantitative estimate of drug-likeness (QED) is 0.779. The highest BCUT2D eigenvalue weighted by Crippen LogP contribution is 2.32. The summed E-state index contributed by atoms with van der Waals surface area (Å²) in [6.07, 6.45) is 4.58. The molecule has 2 unspecified atom stereocenters. The first-order valence-electron chi connectivity index (χ1n) is 6.92. The minimum atomic E-state index is -0.470. The number of ketones is 1. The fourth-order valence-corrected chi connectivity index (χ4v) is 2.41. The van der Waals surface area contributed by atoms with Crippen molar-refractivity contribution in [3.63, 3.8) is 0 Å². The van der Waals surface area contributed by atoms with E-state index in [-0.39, 0.29) is 12.0 Å². The van der Waals surface area contributed by atoms with Gasteiger partial charge in [-0.3, -0.25) is 4.79 Å². The maximum atomic E-state index is 11.7. The Kier molecular flexibility index (Phi) is 5.58. The van der Waals surface area contributed by atoms with Gasteiger partial charge in [-0.2, -0.15) is 0 Å². The van der Waals surface area contributed by atoms with Crippen LogP contribution in [-0.2, 0) is 9.53 Å². The van der Waals surface area contributed by atoms with Crippen molar-refractivity contribution < 1.29 is 14.3 Å². The first-order valence-corrected chi connectivity index (χ1v) is 6.92. The summed E-state index contributed by atoms with van der Waals surface area (Å²) in [7, 11) is 0. The molecule has 1 aliphatic carbocycles. The summed E-state index contributed by atoms with van der Waals surface area (Å²) in [6.45, 7) is 9.75. The molecule has 4 heteroatoms. The SMILES string of the molecule is C=CCC1CC(CCNC(=O)OC(C)(C)C)CC1=O. The molecule has 1 amide bonds. The molecule has 1 rings (SSSR count). The van der Waals surface area contributed by atoms with Gasteiger partial charge in [-0.1, -0.05) is 6.08 Å². The molecule has 0 aromatic heterocycles. The van der Waals surface area contributed by atoms with E-state index < -0.39 is 5.60 Å². The topological polar surface area (TPSA) is 55.4 Å². The number of carbonyl (C=O) groups excluding carboxylic acids is 2.